The van der Waals surface area contributed by atoms with Crippen molar-refractivity contribution in [2.45, 2.75) is 64.2 Å². The van der Waals surface area contributed by atoms with Crippen molar-refractivity contribution >= 4 is 5.97 Å². The fraction of sp³-hybridized carbons (Fsp3) is 0.632. The Bertz CT molecular complexity index is 461. The molecule has 1 aliphatic rings. The van der Waals surface area contributed by atoms with Crippen molar-refractivity contribution in [3.8, 4) is 0 Å². The Morgan fingerprint density at radius 1 is 1.10 bits per heavy atom. The molecule has 1 unspecified atom stereocenters. The lowest BCUT2D eigenvalue weighted by Crippen LogP contribution is -2.25. The molecule has 1 fully saturated rings. The highest BCUT2D eigenvalue weighted by molar-refractivity contribution is 5.78. The molecule has 0 spiro atoms. The smallest absolute Gasteiger partial charge is 0.313 e. The topological polar surface area (TPSA) is 26.3 Å². The van der Waals surface area contributed by atoms with Crippen molar-refractivity contribution in [2.24, 2.45) is 5.92 Å². The fourth-order valence-electron chi connectivity index (χ4n) is 3.39. The van der Waals surface area contributed by atoms with E-state index in [9.17, 15) is 4.79 Å². The maximum atomic E-state index is 12.3. The van der Waals surface area contributed by atoms with E-state index in [0.29, 0.717) is 5.92 Å². The monoisotopic (exact) mass is 288 g/mol. The third-order valence-corrected chi connectivity index (χ3v) is 4.71. The summed E-state index contributed by atoms with van der Waals surface area (Å²) in [4.78, 5) is 12.3. The van der Waals surface area contributed by atoms with Gasteiger partial charge in [-0.1, -0.05) is 64.3 Å². The Labute approximate surface area is 128 Å². The van der Waals surface area contributed by atoms with Crippen LogP contribution in [0.25, 0.3) is 0 Å². The van der Waals surface area contributed by atoms with Gasteiger partial charge in [0.15, 0.2) is 0 Å². The normalized spacial score (nSPS) is 18.3. The van der Waals surface area contributed by atoms with Gasteiger partial charge in [0.2, 0.25) is 0 Å². The lowest BCUT2D eigenvalue weighted by molar-refractivity contribution is -0.144. The van der Waals surface area contributed by atoms with E-state index in [1.807, 2.05) is 0 Å². The fourth-order valence-corrected chi connectivity index (χ4v) is 3.39. The molecule has 1 atom stereocenters. The van der Waals surface area contributed by atoms with Gasteiger partial charge >= 0.3 is 5.97 Å². The zero-order chi connectivity index (χ0) is 15.5. The van der Waals surface area contributed by atoms with Crippen LogP contribution in [-0.2, 0) is 14.9 Å². The molecule has 2 heteroatoms. The average molecular weight is 288 g/mol. The summed E-state index contributed by atoms with van der Waals surface area (Å²) in [6.45, 7) is 6.63. The first-order valence-corrected chi connectivity index (χ1v) is 8.12. The second-order valence-corrected chi connectivity index (χ2v) is 7.27. The van der Waals surface area contributed by atoms with Crippen LogP contribution in [0.3, 0.4) is 0 Å². The SMILES string of the molecule is COC(=O)C(c1ccc(C(C)(C)C)cc1)C1CCCCC1. The second-order valence-electron chi connectivity index (χ2n) is 7.27. The highest BCUT2D eigenvalue weighted by Gasteiger charge is 2.31. The number of esters is 1. The van der Waals surface area contributed by atoms with Gasteiger partial charge in [0, 0.05) is 0 Å². The van der Waals surface area contributed by atoms with E-state index in [-0.39, 0.29) is 17.3 Å². The minimum atomic E-state index is -0.0932. The molecule has 0 amide bonds. The van der Waals surface area contributed by atoms with Gasteiger partial charge in [-0.3, -0.25) is 4.79 Å². The molecule has 116 valence electrons. The molecular formula is C19H28O2. The van der Waals surface area contributed by atoms with Gasteiger partial charge in [-0.05, 0) is 35.3 Å². The van der Waals surface area contributed by atoms with E-state index >= 15 is 0 Å². The molecule has 0 radical (unpaired) electrons. The van der Waals surface area contributed by atoms with Gasteiger partial charge in [0.1, 0.15) is 0 Å². The number of hydrogen-bond acceptors (Lipinski definition) is 2. The summed E-state index contributed by atoms with van der Waals surface area (Å²) in [5, 5.41) is 0. The van der Waals surface area contributed by atoms with Crippen molar-refractivity contribution in [1.82, 2.24) is 0 Å². The van der Waals surface area contributed by atoms with Gasteiger partial charge in [-0.15, -0.1) is 0 Å². The minimum Gasteiger partial charge on any atom is -0.469 e. The highest BCUT2D eigenvalue weighted by atomic mass is 16.5. The maximum Gasteiger partial charge on any atom is 0.313 e. The molecule has 2 nitrogen and oxygen atoms in total. The molecule has 0 aromatic heterocycles. The average Bonchev–Trinajstić information content (AvgIpc) is 2.48. The minimum absolute atomic E-state index is 0.0783. The maximum absolute atomic E-state index is 12.3. The third kappa shape index (κ3) is 3.87. The second kappa shape index (κ2) is 6.64. The number of rotatable bonds is 3. The zero-order valence-corrected chi connectivity index (χ0v) is 13.8. The first-order chi connectivity index (χ1) is 9.93. The first-order valence-electron chi connectivity index (χ1n) is 8.12. The third-order valence-electron chi connectivity index (χ3n) is 4.71. The Morgan fingerprint density at radius 3 is 2.14 bits per heavy atom. The number of carbonyl (C=O) groups excluding carboxylic acids is 1. The van der Waals surface area contributed by atoms with Gasteiger partial charge in [-0.25, -0.2) is 0 Å². The molecule has 0 bridgehead atoms. The number of hydrogen-bond donors (Lipinski definition) is 0. The Morgan fingerprint density at radius 2 is 1.67 bits per heavy atom. The number of methoxy groups -OCH3 is 1. The summed E-state index contributed by atoms with van der Waals surface area (Å²) in [7, 11) is 1.50. The molecular weight excluding hydrogens is 260 g/mol. The summed E-state index contributed by atoms with van der Waals surface area (Å²) < 4.78 is 5.08. The quantitative estimate of drug-likeness (QED) is 0.745. The van der Waals surface area contributed by atoms with Crippen LogP contribution in [0, 0.1) is 5.92 Å². The number of benzene rings is 1. The van der Waals surface area contributed by atoms with Crippen LogP contribution in [0.1, 0.15) is 69.9 Å². The van der Waals surface area contributed by atoms with E-state index in [4.69, 9.17) is 4.74 Å². The summed E-state index contributed by atoms with van der Waals surface area (Å²) >= 11 is 0. The van der Waals surface area contributed by atoms with E-state index in [1.165, 1.54) is 31.9 Å². The Balaban J connectivity index is 2.26. The lowest BCUT2D eigenvalue weighted by atomic mass is 9.76. The van der Waals surface area contributed by atoms with Crippen molar-refractivity contribution < 1.29 is 9.53 Å². The molecule has 1 aromatic carbocycles. The Kier molecular flexibility index (Phi) is 5.08. The van der Waals surface area contributed by atoms with E-state index in [2.05, 4.69) is 45.0 Å². The highest BCUT2D eigenvalue weighted by Crippen LogP contribution is 2.37. The predicted molar refractivity (Wildman–Crippen MR) is 86.5 cm³/mol. The standard InChI is InChI=1S/C19H28O2/c1-19(2,3)16-12-10-15(11-13-16)17(18(20)21-4)14-8-6-5-7-9-14/h10-14,17H,5-9H2,1-4H3. The van der Waals surface area contributed by atoms with E-state index < -0.39 is 0 Å². The summed E-state index contributed by atoms with van der Waals surface area (Å²) in [6.07, 6.45) is 6.05. The molecule has 0 saturated heterocycles. The predicted octanol–water partition coefficient (Wildman–Crippen LogP) is 4.82. The summed E-state index contributed by atoms with van der Waals surface area (Å²) in [5.41, 5.74) is 2.56. The molecule has 1 aromatic rings. The van der Waals surface area contributed by atoms with Crippen molar-refractivity contribution in [1.29, 1.82) is 0 Å². The largest absolute Gasteiger partial charge is 0.469 e. The van der Waals surface area contributed by atoms with E-state index in [0.717, 1.165) is 18.4 Å². The van der Waals surface area contributed by atoms with Crippen LogP contribution >= 0.6 is 0 Å². The summed E-state index contributed by atoms with van der Waals surface area (Å²) in [5.74, 6) is 0.265. The first kappa shape index (κ1) is 16.1. The number of ether oxygens (including phenoxy) is 1. The Hall–Kier alpha value is -1.31. The van der Waals surface area contributed by atoms with Crippen LogP contribution in [0.5, 0.6) is 0 Å². The summed E-state index contributed by atoms with van der Waals surface area (Å²) in [6, 6.07) is 8.57. The van der Waals surface area contributed by atoms with Gasteiger partial charge in [0.05, 0.1) is 13.0 Å². The van der Waals surface area contributed by atoms with Gasteiger partial charge in [-0.2, -0.15) is 0 Å². The lowest BCUT2D eigenvalue weighted by Gasteiger charge is -2.29. The van der Waals surface area contributed by atoms with Gasteiger partial charge < -0.3 is 4.74 Å². The van der Waals surface area contributed by atoms with Crippen LogP contribution < -0.4 is 0 Å². The zero-order valence-electron chi connectivity index (χ0n) is 13.8. The van der Waals surface area contributed by atoms with Crippen molar-refractivity contribution in [3.63, 3.8) is 0 Å². The van der Waals surface area contributed by atoms with E-state index in [1.54, 1.807) is 0 Å². The number of carbonyl (C=O) groups is 1. The molecule has 1 aliphatic carbocycles. The van der Waals surface area contributed by atoms with Crippen LogP contribution in [-0.4, -0.2) is 13.1 Å². The van der Waals surface area contributed by atoms with Crippen LogP contribution in [0.2, 0.25) is 0 Å². The molecule has 21 heavy (non-hydrogen) atoms. The molecule has 2 rings (SSSR count). The molecule has 0 heterocycles. The van der Waals surface area contributed by atoms with Gasteiger partial charge in [0.25, 0.3) is 0 Å². The molecule has 1 saturated carbocycles. The van der Waals surface area contributed by atoms with Crippen LogP contribution in [0.15, 0.2) is 24.3 Å². The van der Waals surface area contributed by atoms with Crippen molar-refractivity contribution in [3.05, 3.63) is 35.4 Å². The molecule has 0 N–H and O–H groups in total. The molecule has 0 aliphatic heterocycles. The van der Waals surface area contributed by atoms with Crippen LogP contribution in [0.4, 0.5) is 0 Å². The van der Waals surface area contributed by atoms with Crippen molar-refractivity contribution in [2.75, 3.05) is 7.11 Å².